The van der Waals surface area contributed by atoms with E-state index in [0.717, 1.165) is 23.4 Å². The van der Waals surface area contributed by atoms with E-state index in [0.29, 0.717) is 5.56 Å². The van der Waals surface area contributed by atoms with Gasteiger partial charge in [-0.05, 0) is 48.9 Å². The maximum absolute atomic E-state index is 13.1. The third-order valence-corrected chi connectivity index (χ3v) is 3.64. The molecule has 0 fully saturated rings. The molecule has 26 heavy (non-hydrogen) atoms. The molecule has 0 saturated heterocycles. The molecule has 0 amide bonds. The lowest BCUT2D eigenvalue weighted by Gasteiger charge is -2.14. The van der Waals surface area contributed by atoms with Crippen LogP contribution in [0.5, 0.6) is 17.4 Å². The fourth-order valence-electron chi connectivity index (χ4n) is 2.43. The third kappa shape index (κ3) is 3.93. The molecule has 0 unspecified atom stereocenters. The van der Waals surface area contributed by atoms with E-state index in [9.17, 15) is 13.2 Å². The normalized spacial score (nSPS) is 11.3. The number of rotatable bonds is 4. The smallest absolute Gasteiger partial charge is 0.416 e. The van der Waals surface area contributed by atoms with E-state index >= 15 is 0 Å². The minimum absolute atomic E-state index is 0.0117. The summed E-state index contributed by atoms with van der Waals surface area (Å²) in [5, 5.41) is 0. The molecule has 7 heteroatoms. The van der Waals surface area contributed by atoms with Crippen LogP contribution in [0.25, 0.3) is 11.1 Å². The highest BCUT2D eigenvalue weighted by Crippen LogP contribution is 2.37. The molecule has 0 atom stereocenters. The maximum Gasteiger partial charge on any atom is 0.416 e. The number of aromatic nitrogens is 2. The molecule has 2 aromatic heterocycles. The second kappa shape index (κ2) is 7.03. The number of hydrogen-bond donors (Lipinski definition) is 0. The van der Waals surface area contributed by atoms with Gasteiger partial charge < -0.3 is 9.47 Å². The number of benzene rings is 1. The maximum atomic E-state index is 13.1. The van der Waals surface area contributed by atoms with Gasteiger partial charge in [-0.15, -0.1) is 0 Å². The molecule has 134 valence electrons. The van der Waals surface area contributed by atoms with Crippen molar-refractivity contribution in [2.75, 3.05) is 7.11 Å². The van der Waals surface area contributed by atoms with Crippen molar-refractivity contribution in [3.63, 3.8) is 0 Å². The van der Waals surface area contributed by atoms with E-state index < -0.39 is 11.7 Å². The lowest BCUT2D eigenvalue weighted by molar-refractivity contribution is -0.137. The highest BCUT2D eigenvalue weighted by Gasteiger charge is 2.32. The average molecular weight is 360 g/mol. The number of nitrogens with zero attached hydrogens (tertiary/aromatic N) is 2. The predicted molar refractivity (Wildman–Crippen MR) is 90.3 cm³/mol. The van der Waals surface area contributed by atoms with Crippen molar-refractivity contribution < 1.29 is 22.6 Å². The summed E-state index contributed by atoms with van der Waals surface area (Å²) >= 11 is 0. The van der Waals surface area contributed by atoms with Crippen LogP contribution in [0, 0.1) is 6.92 Å². The van der Waals surface area contributed by atoms with Gasteiger partial charge in [-0.3, -0.25) is 4.98 Å². The Morgan fingerprint density at radius 2 is 1.69 bits per heavy atom. The summed E-state index contributed by atoms with van der Waals surface area (Å²) in [4.78, 5) is 8.30. The monoisotopic (exact) mass is 360 g/mol. The van der Waals surface area contributed by atoms with Gasteiger partial charge in [-0.1, -0.05) is 0 Å². The highest BCUT2D eigenvalue weighted by atomic mass is 19.4. The Hall–Kier alpha value is -3.09. The zero-order chi connectivity index (χ0) is 18.7. The zero-order valence-corrected chi connectivity index (χ0v) is 14.0. The average Bonchev–Trinajstić information content (AvgIpc) is 2.61. The van der Waals surface area contributed by atoms with Crippen molar-refractivity contribution >= 4 is 0 Å². The van der Waals surface area contributed by atoms with Gasteiger partial charge in [0, 0.05) is 29.7 Å². The quantitative estimate of drug-likeness (QED) is 0.636. The summed E-state index contributed by atoms with van der Waals surface area (Å²) in [5.41, 5.74) is 1.40. The molecule has 3 aromatic rings. The number of halogens is 3. The summed E-state index contributed by atoms with van der Waals surface area (Å²) < 4.78 is 49.9. The number of methoxy groups -OCH3 is 1. The van der Waals surface area contributed by atoms with Crippen LogP contribution < -0.4 is 9.47 Å². The van der Waals surface area contributed by atoms with Crippen LogP contribution in [0.15, 0.2) is 54.9 Å². The molecular formula is C19H15F3N2O2. The lowest BCUT2D eigenvalue weighted by atomic mass is 10.1. The Balaban J connectivity index is 2.03. The second-order valence-electron chi connectivity index (χ2n) is 5.54. The van der Waals surface area contributed by atoms with Crippen LogP contribution in [0.1, 0.15) is 11.3 Å². The van der Waals surface area contributed by atoms with E-state index in [1.54, 1.807) is 24.4 Å². The molecule has 0 N–H and O–H groups in total. The number of aryl methyl sites for hydroxylation is 1. The second-order valence-corrected chi connectivity index (χ2v) is 5.54. The number of pyridine rings is 2. The first-order valence-electron chi connectivity index (χ1n) is 7.69. The molecular weight excluding hydrogens is 345 g/mol. The van der Waals surface area contributed by atoms with Gasteiger partial charge in [-0.2, -0.15) is 13.2 Å². The van der Waals surface area contributed by atoms with E-state index in [-0.39, 0.29) is 17.4 Å². The number of hydrogen-bond acceptors (Lipinski definition) is 4. The molecule has 0 aliphatic carbocycles. The summed E-state index contributed by atoms with van der Waals surface area (Å²) in [6.45, 7) is 1.85. The van der Waals surface area contributed by atoms with E-state index in [4.69, 9.17) is 9.47 Å². The SMILES string of the molecule is COc1cc(Oc2ncccc2-c2ccnc(C)c2)cc(C(F)(F)F)c1. The third-order valence-electron chi connectivity index (χ3n) is 3.64. The van der Waals surface area contributed by atoms with Crippen molar-refractivity contribution in [3.05, 3.63) is 66.1 Å². The van der Waals surface area contributed by atoms with Crippen LogP contribution in [-0.2, 0) is 6.18 Å². The summed E-state index contributed by atoms with van der Waals surface area (Å²) in [5.74, 6) is 0.231. The number of alkyl halides is 3. The van der Waals surface area contributed by atoms with Gasteiger partial charge in [0.25, 0.3) is 0 Å². The Morgan fingerprint density at radius 1 is 0.923 bits per heavy atom. The van der Waals surface area contributed by atoms with Crippen LogP contribution in [-0.4, -0.2) is 17.1 Å². The van der Waals surface area contributed by atoms with Gasteiger partial charge in [0.15, 0.2) is 0 Å². The van der Waals surface area contributed by atoms with Gasteiger partial charge in [0.1, 0.15) is 11.5 Å². The molecule has 3 rings (SSSR count). The van der Waals surface area contributed by atoms with E-state index in [1.165, 1.54) is 19.4 Å². The topological polar surface area (TPSA) is 44.2 Å². The Labute approximate surface area is 148 Å². The first-order chi connectivity index (χ1) is 12.4. The van der Waals surface area contributed by atoms with E-state index in [2.05, 4.69) is 9.97 Å². The largest absolute Gasteiger partial charge is 0.497 e. The fourth-order valence-corrected chi connectivity index (χ4v) is 2.43. The van der Waals surface area contributed by atoms with Crippen molar-refractivity contribution in [3.8, 4) is 28.5 Å². The van der Waals surface area contributed by atoms with Crippen LogP contribution in [0.4, 0.5) is 13.2 Å². The predicted octanol–water partition coefficient (Wildman–Crippen LogP) is 5.27. The first kappa shape index (κ1) is 17.7. The Kier molecular flexibility index (Phi) is 4.79. The molecule has 0 saturated carbocycles. The lowest BCUT2D eigenvalue weighted by Crippen LogP contribution is -2.05. The Bertz CT molecular complexity index is 927. The molecule has 0 aliphatic heterocycles. The van der Waals surface area contributed by atoms with E-state index in [1.807, 2.05) is 13.0 Å². The van der Waals surface area contributed by atoms with Crippen LogP contribution in [0.3, 0.4) is 0 Å². The molecule has 0 bridgehead atoms. The molecule has 0 spiro atoms. The minimum Gasteiger partial charge on any atom is -0.497 e. The van der Waals surface area contributed by atoms with Gasteiger partial charge in [-0.25, -0.2) is 4.98 Å². The molecule has 0 radical (unpaired) electrons. The minimum atomic E-state index is -4.51. The van der Waals surface area contributed by atoms with Gasteiger partial charge in [0.2, 0.25) is 5.88 Å². The van der Waals surface area contributed by atoms with Crippen molar-refractivity contribution in [1.29, 1.82) is 0 Å². The van der Waals surface area contributed by atoms with Crippen LogP contribution >= 0.6 is 0 Å². The van der Waals surface area contributed by atoms with Crippen molar-refractivity contribution in [2.45, 2.75) is 13.1 Å². The van der Waals surface area contributed by atoms with Crippen molar-refractivity contribution in [1.82, 2.24) is 9.97 Å². The Morgan fingerprint density at radius 3 is 2.38 bits per heavy atom. The number of ether oxygens (including phenoxy) is 2. The molecule has 1 aromatic carbocycles. The highest BCUT2D eigenvalue weighted by molar-refractivity contribution is 5.68. The van der Waals surface area contributed by atoms with Crippen molar-refractivity contribution in [2.24, 2.45) is 0 Å². The molecule has 4 nitrogen and oxygen atoms in total. The van der Waals surface area contributed by atoms with Gasteiger partial charge >= 0.3 is 6.18 Å². The summed E-state index contributed by atoms with van der Waals surface area (Å²) in [6.07, 6.45) is -1.35. The van der Waals surface area contributed by atoms with Gasteiger partial charge in [0.05, 0.1) is 12.7 Å². The fraction of sp³-hybridized carbons (Fsp3) is 0.158. The summed E-state index contributed by atoms with van der Waals surface area (Å²) in [7, 11) is 1.30. The first-order valence-corrected chi connectivity index (χ1v) is 7.69. The van der Waals surface area contributed by atoms with Crippen LogP contribution in [0.2, 0.25) is 0 Å². The standard InChI is InChI=1S/C19H15F3N2O2/c1-12-8-13(5-7-23-12)17-4-3-6-24-18(17)26-16-10-14(19(20,21)22)9-15(11-16)25-2/h3-11H,1-2H3. The molecule has 0 aliphatic rings. The molecule has 2 heterocycles. The zero-order valence-electron chi connectivity index (χ0n) is 14.0. The summed E-state index contributed by atoms with van der Waals surface area (Å²) in [6, 6.07) is 10.3.